The lowest BCUT2D eigenvalue weighted by Crippen LogP contribution is -2.47. The van der Waals surface area contributed by atoms with Crippen LogP contribution in [0.15, 0.2) is 60.8 Å². The van der Waals surface area contributed by atoms with E-state index < -0.39 is 11.7 Å². The SMILES string of the molecule is O=Cc1cccc(N2CCN(c3ccc(C#Cc4ccc(F)cc4)cn3)CC2)c1C(F)(F)F. The number of benzene rings is 2. The van der Waals surface area contributed by atoms with Gasteiger partial charge in [0.25, 0.3) is 0 Å². The van der Waals surface area contributed by atoms with E-state index in [4.69, 9.17) is 0 Å². The number of aldehydes is 1. The second kappa shape index (κ2) is 9.33. The summed E-state index contributed by atoms with van der Waals surface area (Å²) in [5.74, 6) is 6.30. The molecule has 1 saturated heterocycles. The average molecular weight is 453 g/mol. The van der Waals surface area contributed by atoms with Crippen molar-refractivity contribution >= 4 is 17.8 Å². The Morgan fingerprint density at radius 1 is 0.848 bits per heavy atom. The highest BCUT2D eigenvalue weighted by Gasteiger charge is 2.38. The van der Waals surface area contributed by atoms with E-state index in [-0.39, 0.29) is 23.4 Å². The number of hydrogen-bond donors (Lipinski definition) is 0. The first-order chi connectivity index (χ1) is 15.8. The predicted octanol–water partition coefficient (Wildman–Crippen LogP) is 4.78. The van der Waals surface area contributed by atoms with Crippen molar-refractivity contribution in [2.75, 3.05) is 36.0 Å². The second-order valence-corrected chi connectivity index (χ2v) is 7.49. The van der Waals surface area contributed by atoms with Gasteiger partial charge in [0.2, 0.25) is 0 Å². The van der Waals surface area contributed by atoms with Gasteiger partial charge in [-0.2, -0.15) is 13.2 Å². The van der Waals surface area contributed by atoms with Crippen LogP contribution < -0.4 is 9.80 Å². The quantitative estimate of drug-likeness (QED) is 0.325. The Labute approximate surface area is 188 Å². The van der Waals surface area contributed by atoms with Gasteiger partial charge in [-0.15, -0.1) is 0 Å². The predicted molar refractivity (Wildman–Crippen MR) is 118 cm³/mol. The zero-order valence-electron chi connectivity index (χ0n) is 17.4. The second-order valence-electron chi connectivity index (χ2n) is 7.49. The summed E-state index contributed by atoms with van der Waals surface area (Å²) in [4.78, 5) is 19.2. The molecule has 0 unspecified atom stereocenters. The van der Waals surface area contributed by atoms with E-state index in [1.807, 2.05) is 17.0 Å². The van der Waals surface area contributed by atoms with Crippen molar-refractivity contribution in [3.05, 3.63) is 88.9 Å². The minimum Gasteiger partial charge on any atom is -0.367 e. The Morgan fingerprint density at radius 3 is 2.09 bits per heavy atom. The van der Waals surface area contributed by atoms with Crippen molar-refractivity contribution in [1.82, 2.24) is 4.98 Å². The first-order valence-electron chi connectivity index (χ1n) is 10.2. The number of carbonyl (C=O) groups is 1. The van der Waals surface area contributed by atoms with E-state index in [2.05, 4.69) is 16.8 Å². The van der Waals surface area contributed by atoms with Gasteiger partial charge in [0.15, 0.2) is 6.29 Å². The molecule has 0 amide bonds. The van der Waals surface area contributed by atoms with Crippen molar-refractivity contribution in [3.63, 3.8) is 0 Å². The third-order valence-corrected chi connectivity index (χ3v) is 5.37. The number of carbonyl (C=O) groups excluding carboxylic acids is 1. The van der Waals surface area contributed by atoms with Gasteiger partial charge in [-0.05, 0) is 42.5 Å². The summed E-state index contributed by atoms with van der Waals surface area (Å²) in [7, 11) is 0. The van der Waals surface area contributed by atoms with Crippen molar-refractivity contribution < 1.29 is 22.4 Å². The van der Waals surface area contributed by atoms with Crippen molar-refractivity contribution in [1.29, 1.82) is 0 Å². The van der Waals surface area contributed by atoms with Gasteiger partial charge in [-0.1, -0.05) is 24.0 Å². The summed E-state index contributed by atoms with van der Waals surface area (Å²) in [6.45, 7) is 1.69. The molecule has 3 aromatic rings. The highest BCUT2D eigenvalue weighted by Crippen LogP contribution is 2.39. The standard InChI is InChI=1S/C25H19F4N3O/c26-21-9-6-18(7-10-21)4-5-19-8-11-23(30-16-19)32-14-12-31(13-15-32)22-3-1-2-20(17-33)24(22)25(27,28)29/h1-3,6-11,16-17H,12-15H2. The number of anilines is 2. The molecule has 1 aromatic heterocycles. The Kier molecular flexibility index (Phi) is 6.31. The molecule has 0 bridgehead atoms. The van der Waals surface area contributed by atoms with Gasteiger partial charge in [-0.25, -0.2) is 9.37 Å². The maximum atomic E-state index is 13.6. The fourth-order valence-electron chi connectivity index (χ4n) is 3.73. The molecule has 8 heteroatoms. The molecule has 2 aromatic carbocycles. The van der Waals surface area contributed by atoms with E-state index in [1.165, 1.54) is 30.3 Å². The van der Waals surface area contributed by atoms with Crippen molar-refractivity contribution in [2.45, 2.75) is 6.18 Å². The number of alkyl halides is 3. The monoisotopic (exact) mass is 453 g/mol. The summed E-state index contributed by atoms with van der Waals surface area (Å²) < 4.78 is 53.7. The third-order valence-electron chi connectivity index (χ3n) is 5.37. The van der Waals surface area contributed by atoms with Crippen LogP contribution in [0.4, 0.5) is 29.1 Å². The lowest BCUT2D eigenvalue weighted by molar-refractivity contribution is -0.137. The van der Waals surface area contributed by atoms with E-state index >= 15 is 0 Å². The van der Waals surface area contributed by atoms with Crippen LogP contribution in [0.2, 0.25) is 0 Å². The normalized spacial score (nSPS) is 13.9. The largest absolute Gasteiger partial charge is 0.419 e. The Hall–Kier alpha value is -3.86. The van der Waals surface area contributed by atoms with Crippen LogP contribution in [-0.4, -0.2) is 37.4 Å². The van der Waals surface area contributed by atoms with E-state index in [1.54, 1.807) is 23.2 Å². The van der Waals surface area contributed by atoms with Crippen molar-refractivity contribution in [3.8, 4) is 11.8 Å². The molecule has 4 rings (SSSR count). The summed E-state index contributed by atoms with van der Waals surface area (Å²) >= 11 is 0. The lowest BCUT2D eigenvalue weighted by Gasteiger charge is -2.37. The smallest absolute Gasteiger partial charge is 0.367 e. The van der Waals surface area contributed by atoms with Gasteiger partial charge in [-0.3, -0.25) is 4.79 Å². The maximum Gasteiger partial charge on any atom is 0.419 e. The van der Waals surface area contributed by atoms with Gasteiger partial charge in [0.05, 0.1) is 5.56 Å². The van der Waals surface area contributed by atoms with E-state index in [9.17, 15) is 22.4 Å². The molecular formula is C25H19F4N3O. The molecule has 0 atom stereocenters. The zero-order valence-corrected chi connectivity index (χ0v) is 17.4. The third kappa shape index (κ3) is 5.14. The van der Waals surface area contributed by atoms with Gasteiger partial charge in [0.1, 0.15) is 11.6 Å². The van der Waals surface area contributed by atoms with Gasteiger partial charge >= 0.3 is 6.18 Å². The molecule has 0 aliphatic carbocycles. The molecule has 0 saturated carbocycles. The zero-order chi connectivity index (χ0) is 23.4. The molecular weight excluding hydrogens is 434 g/mol. The molecule has 1 fully saturated rings. The number of aromatic nitrogens is 1. The molecule has 168 valence electrons. The van der Waals surface area contributed by atoms with Crippen LogP contribution >= 0.6 is 0 Å². The number of pyridine rings is 1. The highest BCUT2D eigenvalue weighted by atomic mass is 19.4. The van der Waals surface area contributed by atoms with Crippen LogP contribution in [0.25, 0.3) is 0 Å². The Balaban J connectivity index is 1.44. The number of halogens is 4. The maximum absolute atomic E-state index is 13.6. The van der Waals surface area contributed by atoms with E-state index in [0.717, 1.165) is 0 Å². The number of nitrogens with zero attached hydrogens (tertiary/aromatic N) is 3. The van der Waals surface area contributed by atoms with Crippen LogP contribution in [-0.2, 0) is 6.18 Å². The molecule has 33 heavy (non-hydrogen) atoms. The average Bonchev–Trinajstić information content (AvgIpc) is 2.83. The fraction of sp³-hybridized carbons (Fsp3) is 0.200. The molecule has 2 heterocycles. The molecule has 1 aliphatic rings. The Morgan fingerprint density at radius 2 is 1.48 bits per heavy atom. The van der Waals surface area contributed by atoms with Crippen LogP contribution in [0, 0.1) is 17.7 Å². The first kappa shape index (κ1) is 22.3. The summed E-state index contributed by atoms with van der Waals surface area (Å²) in [5.41, 5.74) is 0.152. The molecule has 0 radical (unpaired) electrons. The number of rotatable bonds is 3. The highest BCUT2D eigenvalue weighted by molar-refractivity contribution is 5.81. The van der Waals surface area contributed by atoms with Crippen LogP contribution in [0.1, 0.15) is 27.0 Å². The van der Waals surface area contributed by atoms with Crippen molar-refractivity contribution in [2.24, 2.45) is 0 Å². The summed E-state index contributed by atoms with van der Waals surface area (Å²) in [6, 6.07) is 13.6. The minimum absolute atomic E-state index is 0.0196. The molecule has 4 nitrogen and oxygen atoms in total. The van der Waals surface area contributed by atoms with Crippen LogP contribution in [0.3, 0.4) is 0 Å². The molecule has 0 spiro atoms. The lowest BCUT2D eigenvalue weighted by atomic mass is 10.0. The number of piperazine rings is 1. The minimum atomic E-state index is -4.61. The summed E-state index contributed by atoms with van der Waals surface area (Å²) in [6.07, 6.45) is -2.74. The van der Waals surface area contributed by atoms with Crippen LogP contribution in [0.5, 0.6) is 0 Å². The Bertz CT molecular complexity index is 1190. The first-order valence-corrected chi connectivity index (χ1v) is 10.2. The van der Waals surface area contributed by atoms with E-state index in [0.29, 0.717) is 43.1 Å². The summed E-state index contributed by atoms with van der Waals surface area (Å²) in [5, 5.41) is 0. The topological polar surface area (TPSA) is 36.4 Å². The van der Waals surface area contributed by atoms with Gasteiger partial charge < -0.3 is 9.80 Å². The fourth-order valence-corrected chi connectivity index (χ4v) is 3.73. The van der Waals surface area contributed by atoms with Gasteiger partial charge in [0, 0.05) is 54.8 Å². The molecule has 1 aliphatic heterocycles. The molecule has 0 N–H and O–H groups in total. The number of hydrogen-bond acceptors (Lipinski definition) is 4.